The van der Waals surface area contributed by atoms with E-state index in [4.69, 9.17) is 10.5 Å². The van der Waals surface area contributed by atoms with Gasteiger partial charge in [-0.1, -0.05) is 12.8 Å². The van der Waals surface area contributed by atoms with Crippen molar-refractivity contribution in [3.05, 3.63) is 0 Å². The van der Waals surface area contributed by atoms with Crippen molar-refractivity contribution in [1.29, 1.82) is 0 Å². The lowest BCUT2D eigenvalue weighted by Crippen LogP contribution is -2.56. The van der Waals surface area contributed by atoms with Gasteiger partial charge in [0, 0.05) is 26.1 Å². The summed E-state index contributed by atoms with van der Waals surface area (Å²) in [4.78, 5) is 6.58. The highest BCUT2D eigenvalue weighted by atomic mass is 16.5. The van der Waals surface area contributed by atoms with Gasteiger partial charge >= 0.3 is 0 Å². The molecule has 4 heteroatoms. The molecule has 2 atom stereocenters. The van der Waals surface area contributed by atoms with Crippen LogP contribution in [-0.4, -0.2) is 43.7 Å². The maximum absolute atomic E-state index is 5.93. The molecule has 17 heavy (non-hydrogen) atoms. The van der Waals surface area contributed by atoms with Crippen molar-refractivity contribution in [3.8, 4) is 0 Å². The average molecular weight is 239 g/mol. The molecule has 4 nitrogen and oxygen atoms in total. The van der Waals surface area contributed by atoms with Gasteiger partial charge in [-0.3, -0.25) is 0 Å². The molecule has 2 fully saturated rings. The predicted octanol–water partition coefficient (Wildman–Crippen LogP) is 1.60. The van der Waals surface area contributed by atoms with Crippen LogP contribution in [0.1, 0.15) is 39.0 Å². The van der Waals surface area contributed by atoms with Crippen molar-refractivity contribution in [1.82, 2.24) is 4.90 Å². The minimum Gasteiger partial charge on any atom is -0.378 e. The van der Waals surface area contributed by atoms with Crippen LogP contribution in [0, 0.1) is 5.41 Å². The van der Waals surface area contributed by atoms with Crippen molar-refractivity contribution in [2.75, 3.05) is 20.7 Å². The molecular formula is C13H25N3O. The summed E-state index contributed by atoms with van der Waals surface area (Å²) < 4.78 is 5.86. The second-order valence-electron chi connectivity index (χ2n) is 5.52. The van der Waals surface area contributed by atoms with Crippen LogP contribution in [0.5, 0.6) is 0 Å². The third kappa shape index (κ3) is 2.15. The Labute approximate surface area is 104 Å². The van der Waals surface area contributed by atoms with E-state index >= 15 is 0 Å². The third-order valence-corrected chi connectivity index (χ3v) is 4.39. The number of nitrogens with two attached hydrogens (primary N) is 1. The van der Waals surface area contributed by atoms with E-state index in [1.807, 2.05) is 19.0 Å². The van der Waals surface area contributed by atoms with Gasteiger partial charge in [-0.25, -0.2) is 4.99 Å². The molecule has 2 aliphatic rings. The number of nitrogens with zero attached hydrogens (tertiary/aromatic N) is 2. The quantitative estimate of drug-likeness (QED) is 0.601. The Hall–Kier alpha value is -0.770. The lowest BCUT2D eigenvalue weighted by molar-refractivity contribution is -0.119. The fraction of sp³-hybridized carbons (Fsp3) is 0.923. The van der Waals surface area contributed by atoms with Gasteiger partial charge in [0.2, 0.25) is 0 Å². The van der Waals surface area contributed by atoms with Gasteiger partial charge in [0.05, 0.1) is 12.1 Å². The van der Waals surface area contributed by atoms with Crippen LogP contribution in [0.3, 0.4) is 0 Å². The van der Waals surface area contributed by atoms with Gasteiger partial charge in [-0.05, 0) is 26.2 Å². The van der Waals surface area contributed by atoms with Gasteiger partial charge < -0.3 is 15.4 Å². The van der Waals surface area contributed by atoms with Crippen LogP contribution in [0.25, 0.3) is 0 Å². The Morgan fingerprint density at radius 3 is 2.59 bits per heavy atom. The van der Waals surface area contributed by atoms with Gasteiger partial charge in [0.15, 0.2) is 5.96 Å². The molecule has 2 N–H and O–H groups in total. The average Bonchev–Trinajstić information content (AvgIpc) is 2.79. The van der Waals surface area contributed by atoms with Gasteiger partial charge in [-0.15, -0.1) is 0 Å². The number of rotatable bonds is 3. The summed E-state index contributed by atoms with van der Waals surface area (Å²) in [6.07, 6.45) is 6.61. The van der Waals surface area contributed by atoms with Crippen LogP contribution in [0.2, 0.25) is 0 Å². The predicted molar refractivity (Wildman–Crippen MR) is 70.0 cm³/mol. The van der Waals surface area contributed by atoms with Crippen molar-refractivity contribution < 1.29 is 4.74 Å². The zero-order valence-electron chi connectivity index (χ0n) is 11.3. The smallest absolute Gasteiger partial charge is 0.191 e. The molecular weight excluding hydrogens is 214 g/mol. The minimum atomic E-state index is 0.302. The van der Waals surface area contributed by atoms with Crippen molar-refractivity contribution >= 4 is 5.96 Å². The first-order valence-corrected chi connectivity index (χ1v) is 6.72. The molecule has 0 aliphatic heterocycles. The van der Waals surface area contributed by atoms with Crippen molar-refractivity contribution in [3.63, 3.8) is 0 Å². The maximum Gasteiger partial charge on any atom is 0.191 e. The fourth-order valence-electron chi connectivity index (χ4n) is 3.31. The molecule has 98 valence electrons. The summed E-state index contributed by atoms with van der Waals surface area (Å²) >= 11 is 0. The summed E-state index contributed by atoms with van der Waals surface area (Å²) in [7, 11) is 3.89. The summed E-state index contributed by atoms with van der Waals surface area (Å²) in [6, 6.07) is 0.379. The van der Waals surface area contributed by atoms with Crippen LogP contribution < -0.4 is 5.73 Å². The van der Waals surface area contributed by atoms with Crippen LogP contribution in [-0.2, 0) is 4.74 Å². The van der Waals surface area contributed by atoms with E-state index < -0.39 is 0 Å². The Kier molecular flexibility index (Phi) is 3.61. The second kappa shape index (κ2) is 4.84. The normalized spacial score (nSPS) is 31.6. The summed E-state index contributed by atoms with van der Waals surface area (Å²) in [6.45, 7) is 2.89. The largest absolute Gasteiger partial charge is 0.378 e. The van der Waals surface area contributed by atoms with Crippen molar-refractivity contribution in [2.24, 2.45) is 16.1 Å². The molecule has 2 unspecified atom stereocenters. The molecule has 0 bridgehead atoms. The molecule has 2 rings (SSSR count). The highest BCUT2D eigenvalue weighted by Crippen LogP contribution is 2.56. The van der Waals surface area contributed by atoms with E-state index in [1.54, 1.807) is 0 Å². The first kappa shape index (κ1) is 12.7. The summed E-state index contributed by atoms with van der Waals surface area (Å²) in [5.74, 6) is 0.649. The molecule has 0 radical (unpaired) electrons. The second-order valence-corrected chi connectivity index (χ2v) is 5.52. The number of hydrogen-bond donors (Lipinski definition) is 1. The first-order valence-electron chi connectivity index (χ1n) is 6.72. The standard InChI is InChI=1S/C13H25N3O/c1-4-17-11-9-10(15-12(14)16(2)3)13(11)7-5-6-8-13/h10-11H,4-9H2,1-3H3,(H2,14,15). The van der Waals surface area contributed by atoms with E-state index in [0.29, 0.717) is 23.5 Å². The molecule has 0 heterocycles. The Morgan fingerprint density at radius 1 is 1.41 bits per heavy atom. The summed E-state index contributed by atoms with van der Waals surface area (Å²) in [5.41, 5.74) is 6.23. The molecule has 2 saturated carbocycles. The van der Waals surface area contributed by atoms with E-state index in [0.717, 1.165) is 13.0 Å². The molecule has 0 saturated heterocycles. The van der Waals surface area contributed by atoms with Crippen LogP contribution >= 0.6 is 0 Å². The number of ether oxygens (including phenoxy) is 1. The lowest BCUT2D eigenvalue weighted by atomic mass is 9.61. The number of aliphatic imine (C=N–C) groups is 1. The molecule has 0 aromatic heterocycles. The van der Waals surface area contributed by atoms with E-state index in [-0.39, 0.29) is 0 Å². The zero-order chi connectivity index (χ0) is 12.5. The Balaban J connectivity index is 2.08. The molecule has 0 amide bonds. The van der Waals surface area contributed by atoms with Gasteiger partial charge in [0.1, 0.15) is 0 Å². The SMILES string of the molecule is CCOC1CC(N=C(N)N(C)C)C12CCCC2. The van der Waals surface area contributed by atoms with Crippen molar-refractivity contribution in [2.45, 2.75) is 51.2 Å². The number of guanidine groups is 1. The fourth-order valence-corrected chi connectivity index (χ4v) is 3.31. The zero-order valence-corrected chi connectivity index (χ0v) is 11.3. The maximum atomic E-state index is 5.93. The number of hydrogen-bond acceptors (Lipinski definition) is 2. The third-order valence-electron chi connectivity index (χ3n) is 4.39. The molecule has 2 aliphatic carbocycles. The highest BCUT2D eigenvalue weighted by Gasteiger charge is 2.56. The first-order chi connectivity index (χ1) is 8.10. The van der Waals surface area contributed by atoms with E-state index in [9.17, 15) is 0 Å². The molecule has 1 spiro atoms. The van der Waals surface area contributed by atoms with Crippen LogP contribution in [0.15, 0.2) is 4.99 Å². The molecule has 0 aromatic carbocycles. The summed E-state index contributed by atoms with van der Waals surface area (Å²) in [5, 5.41) is 0. The van der Waals surface area contributed by atoms with Gasteiger partial charge in [0.25, 0.3) is 0 Å². The van der Waals surface area contributed by atoms with E-state index in [1.165, 1.54) is 25.7 Å². The monoisotopic (exact) mass is 239 g/mol. The highest BCUT2D eigenvalue weighted by molar-refractivity contribution is 5.77. The Morgan fingerprint density at radius 2 is 2.06 bits per heavy atom. The van der Waals surface area contributed by atoms with Crippen LogP contribution in [0.4, 0.5) is 0 Å². The minimum absolute atomic E-state index is 0.302. The molecule has 0 aromatic rings. The topological polar surface area (TPSA) is 50.9 Å². The van der Waals surface area contributed by atoms with E-state index in [2.05, 4.69) is 11.9 Å². The lowest BCUT2D eigenvalue weighted by Gasteiger charge is -2.52. The Bertz CT molecular complexity index is 295. The van der Waals surface area contributed by atoms with Gasteiger partial charge in [-0.2, -0.15) is 0 Å².